The Bertz CT molecular complexity index is 820. The second-order valence-electron chi connectivity index (χ2n) is 10.1. The second kappa shape index (κ2) is 6.14. The molecule has 0 unspecified atom stereocenters. The van der Waals surface area contributed by atoms with Crippen LogP contribution in [-0.4, -0.2) is 23.1 Å². The maximum absolute atomic E-state index is 12.8. The minimum absolute atomic E-state index is 0.0160. The standard InChI is InChI=1S/C24H32O4/c1-14-12-18-19(22(4)9-6-17(27)13-21(14)22)7-10-23(5)20(18)8-11-24(23,15(2)25)28-16(3)26/h12-13,18-20H,6-11H2,1-5H3/t18-,19-,20+,22-,23+,24+/m1/s1. The van der Waals surface area contributed by atoms with Crippen LogP contribution in [0.5, 0.6) is 0 Å². The number of allylic oxidation sites excluding steroid dienone is 4. The Labute approximate surface area is 167 Å². The fourth-order valence-electron chi connectivity index (χ4n) is 7.48. The van der Waals surface area contributed by atoms with E-state index < -0.39 is 5.60 Å². The summed E-state index contributed by atoms with van der Waals surface area (Å²) in [6, 6.07) is 0. The van der Waals surface area contributed by atoms with Crippen molar-refractivity contribution in [3.05, 3.63) is 23.3 Å². The van der Waals surface area contributed by atoms with Gasteiger partial charge in [-0.15, -0.1) is 0 Å². The van der Waals surface area contributed by atoms with Gasteiger partial charge in [0.15, 0.2) is 17.2 Å². The number of Topliss-reactive ketones (excluding diaryl/α,β-unsaturated/α-hetero) is 1. The zero-order valence-electron chi connectivity index (χ0n) is 17.8. The monoisotopic (exact) mass is 384 g/mol. The lowest BCUT2D eigenvalue weighted by Gasteiger charge is -2.58. The van der Waals surface area contributed by atoms with Crippen molar-refractivity contribution in [2.75, 3.05) is 0 Å². The van der Waals surface area contributed by atoms with Crippen LogP contribution >= 0.6 is 0 Å². The molecule has 0 radical (unpaired) electrons. The molecule has 4 heteroatoms. The van der Waals surface area contributed by atoms with E-state index in [1.54, 1.807) is 6.92 Å². The molecule has 0 aromatic carbocycles. The van der Waals surface area contributed by atoms with Crippen LogP contribution in [0.15, 0.2) is 23.3 Å². The van der Waals surface area contributed by atoms with Crippen molar-refractivity contribution < 1.29 is 19.1 Å². The van der Waals surface area contributed by atoms with Crippen molar-refractivity contribution in [3.63, 3.8) is 0 Å². The molecule has 0 heterocycles. The van der Waals surface area contributed by atoms with E-state index in [-0.39, 0.29) is 28.4 Å². The van der Waals surface area contributed by atoms with Gasteiger partial charge < -0.3 is 4.74 Å². The largest absolute Gasteiger partial charge is 0.451 e. The molecule has 6 atom stereocenters. The molecule has 4 aliphatic carbocycles. The van der Waals surface area contributed by atoms with Gasteiger partial charge in [0, 0.05) is 18.8 Å². The summed E-state index contributed by atoms with van der Waals surface area (Å²) in [4.78, 5) is 36.8. The normalized spacial score (nSPS) is 44.6. The van der Waals surface area contributed by atoms with Crippen molar-refractivity contribution in [2.24, 2.45) is 28.6 Å². The highest BCUT2D eigenvalue weighted by molar-refractivity contribution is 5.92. The predicted molar refractivity (Wildman–Crippen MR) is 106 cm³/mol. The van der Waals surface area contributed by atoms with Crippen LogP contribution in [0.4, 0.5) is 0 Å². The van der Waals surface area contributed by atoms with Crippen LogP contribution in [0.3, 0.4) is 0 Å². The quantitative estimate of drug-likeness (QED) is 0.654. The average molecular weight is 385 g/mol. The summed E-state index contributed by atoms with van der Waals surface area (Å²) < 4.78 is 5.82. The molecule has 4 rings (SSSR count). The molecule has 0 aromatic rings. The van der Waals surface area contributed by atoms with E-state index in [2.05, 4.69) is 26.8 Å². The summed E-state index contributed by atoms with van der Waals surface area (Å²) in [5.41, 5.74) is 1.15. The molecule has 0 saturated heterocycles. The number of ketones is 2. The van der Waals surface area contributed by atoms with Gasteiger partial charge in [-0.2, -0.15) is 0 Å². The third-order valence-corrected chi connectivity index (χ3v) is 8.84. The van der Waals surface area contributed by atoms with Gasteiger partial charge in [0.05, 0.1) is 0 Å². The third-order valence-electron chi connectivity index (χ3n) is 8.84. The zero-order chi connectivity index (χ0) is 20.5. The lowest BCUT2D eigenvalue weighted by molar-refractivity contribution is -0.185. The first-order valence-electron chi connectivity index (χ1n) is 10.7. The number of ether oxygens (including phenoxy) is 1. The highest BCUT2D eigenvalue weighted by Gasteiger charge is 2.67. The molecular formula is C24H32O4. The molecule has 0 aromatic heterocycles. The Morgan fingerprint density at radius 1 is 1.07 bits per heavy atom. The molecule has 0 N–H and O–H groups in total. The van der Waals surface area contributed by atoms with Crippen molar-refractivity contribution in [1.29, 1.82) is 0 Å². The number of rotatable bonds is 2. The SMILES string of the molecule is CC(=O)O[C@]1(C(C)=O)CC[C@H]2[C@@H]3C=C(C)C4=CC(=O)CC[C@]4(C)[C@@H]3CC[C@@]21C. The molecule has 152 valence electrons. The molecule has 0 amide bonds. The lowest BCUT2D eigenvalue weighted by atomic mass is 9.47. The van der Waals surface area contributed by atoms with Crippen molar-refractivity contribution in [3.8, 4) is 0 Å². The second-order valence-corrected chi connectivity index (χ2v) is 10.1. The van der Waals surface area contributed by atoms with Gasteiger partial charge in [0.1, 0.15) is 0 Å². The number of hydrogen-bond acceptors (Lipinski definition) is 4. The molecule has 28 heavy (non-hydrogen) atoms. The van der Waals surface area contributed by atoms with E-state index in [4.69, 9.17) is 4.74 Å². The van der Waals surface area contributed by atoms with Crippen LogP contribution in [0.1, 0.15) is 73.1 Å². The number of carbonyl (C=O) groups is 3. The fourth-order valence-corrected chi connectivity index (χ4v) is 7.48. The lowest BCUT2D eigenvalue weighted by Crippen LogP contribution is -2.58. The number of fused-ring (bicyclic) bond motifs is 5. The minimum Gasteiger partial charge on any atom is -0.451 e. The van der Waals surface area contributed by atoms with Crippen LogP contribution in [0.2, 0.25) is 0 Å². The van der Waals surface area contributed by atoms with E-state index in [1.807, 2.05) is 6.08 Å². The molecule has 2 fully saturated rings. The highest BCUT2D eigenvalue weighted by Crippen LogP contribution is 2.67. The Balaban J connectivity index is 1.79. The number of esters is 1. The first kappa shape index (κ1) is 19.6. The van der Waals surface area contributed by atoms with Crippen LogP contribution < -0.4 is 0 Å². The summed E-state index contributed by atoms with van der Waals surface area (Å²) in [6.07, 6.45) is 9.20. The fraction of sp³-hybridized carbons (Fsp3) is 0.708. The summed E-state index contributed by atoms with van der Waals surface area (Å²) in [5.74, 6) is 1.03. The van der Waals surface area contributed by atoms with Crippen LogP contribution in [0.25, 0.3) is 0 Å². The summed E-state index contributed by atoms with van der Waals surface area (Å²) in [6.45, 7) is 9.63. The van der Waals surface area contributed by atoms with Gasteiger partial charge in [-0.05, 0) is 80.8 Å². The molecule has 2 saturated carbocycles. The first-order chi connectivity index (χ1) is 13.0. The Hall–Kier alpha value is -1.71. The highest BCUT2D eigenvalue weighted by atomic mass is 16.6. The van der Waals surface area contributed by atoms with Crippen LogP contribution in [-0.2, 0) is 19.1 Å². The third kappa shape index (κ3) is 2.39. The maximum Gasteiger partial charge on any atom is 0.303 e. The number of carbonyl (C=O) groups excluding carboxylic acids is 3. The summed E-state index contributed by atoms with van der Waals surface area (Å²) >= 11 is 0. The van der Waals surface area contributed by atoms with Gasteiger partial charge in [-0.1, -0.05) is 25.5 Å². The van der Waals surface area contributed by atoms with Gasteiger partial charge >= 0.3 is 5.97 Å². The Kier molecular flexibility index (Phi) is 4.30. The van der Waals surface area contributed by atoms with E-state index in [9.17, 15) is 14.4 Å². The van der Waals surface area contributed by atoms with Gasteiger partial charge in [0.25, 0.3) is 0 Å². The molecule has 4 aliphatic rings. The Morgan fingerprint density at radius 3 is 2.39 bits per heavy atom. The summed E-state index contributed by atoms with van der Waals surface area (Å²) in [7, 11) is 0. The van der Waals surface area contributed by atoms with Crippen LogP contribution in [0, 0.1) is 28.6 Å². The zero-order valence-corrected chi connectivity index (χ0v) is 17.8. The summed E-state index contributed by atoms with van der Waals surface area (Å²) in [5, 5.41) is 0. The average Bonchev–Trinajstić information content (AvgIpc) is 2.90. The predicted octanol–water partition coefficient (Wildman–Crippen LogP) is 4.58. The minimum atomic E-state index is -0.990. The van der Waals surface area contributed by atoms with E-state index in [0.717, 1.165) is 25.7 Å². The van der Waals surface area contributed by atoms with E-state index in [0.29, 0.717) is 30.6 Å². The van der Waals surface area contributed by atoms with Gasteiger partial charge in [-0.3, -0.25) is 14.4 Å². The maximum atomic E-state index is 12.8. The molecule has 4 nitrogen and oxygen atoms in total. The van der Waals surface area contributed by atoms with Crippen molar-refractivity contribution >= 4 is 17.5 Å². The van der Waals surface area contributed by atoms with E-state index >= 15 is 0 Å². The first-order valence-corrected chi connectivity index (χ1v) is 10.7. The van der Waals surface area contributed by atoms with Crippen molar-refractivity contribution in [1.82, 2.24) is 0 Å². The topological polar surface area (TPSA) is 60.4 Å². The Morgan fingerprint density at radius 2 is 1.75 bits per heavy atom. The number of hydrogen-bond donors (Lipinski definition) is 0. The molecule has 0 spiro atoms. The molecule has 0 aliphatic heterocycles. The van der Waals surface area contributed by atoms with Crippen molar-refractivity contribution in [2.45, 2.75) is 78.7 Å². The molecule has 0 bridgehead atoms. The van der Waals surface area contributed by atoms with Gasteiger partial charge in [0.2, 0.25) is 0 Å². The smallest absolute Gasteiger partial charge is 0.303 e. The van der Waals surface area contributed by atoms with Gasteiger partial charge in [-0.25, -0.2) is 0 Å². The van der Waals surface area contributed by atoms with E-state index in [1.165, 1.54) is 18.1 Å². The molecular weight excluding hydrogens is 352 g/mol.